The maximum Gasteiger partial charge on any atom is 0.244 e. The average Bonchev–Trinajstić information content (AvgIpc) is 2.48. The third-order valence-corrected chi connectivity index (χ3v) is 3.50. The summed E-state index contributed by atoms with van der Waals surface area (Å²) >= 11 is 0. The standard InChI is InChI=1S/C15H21N3O/c1-2-8-17-9-11-18(12-10-17)15(19)14(16)13-6-4-3-5-7-13/h2-7,14H,1,8-12,16H2. The molecular formula is C15H21N3O. The van der Waals surface area contributed by atoms with E-state index >= 15 is 0 Å². The molecule has 0 aromatic heterocycles. The molecule has 1 unspecified atom stereocenters. The predicted octanol–water partition coefficient (Wildman–Crippen LogP) is 1.02. The molecule has 1 amide bonds. The fraction of sp³-hybridized carbons (Fsp3) is 0.400. The second kappa shape index (κ2) is 6.50. The first-order valence-electron chi connectivity index (χ1n) is 6.65. The third-order valence-electron chi connectivity index (χ3n) is 3.50. The summed E-state index contributed by atoms with van der Waals surface area (Å²) in [6.45, 7) is 7.88. The van der Waals surface area contributed by atoms with Crippen LogP contribution >= 0.6 is 0 Å². The minimum atomic E-state index is -0.549. The van der Waals surface area contributed by atoms with Gasteiger partial charge in [-0.25, -0.2) is 0 Å². The number of amides is 1. The van der Waals surface area contributed by atoms with Gasteiger partial charge in [-0.15, -0.1) is 6.58 Å². The molecule has 4 nitrogen and oxygen atoms in total. The molecule has 1 aliphatic rings. The molecule has 0 bridgehead atoms. The van der Waals surface area contributed by atoms with Gasteiger partial charge in [0.1, 0.15) is 6.04 Å². The smallest absolute Gasteiger partial charge is 0.244 e. The zero-order valence-corrected chi connectivity index (χ0v) is 11.2. The van der Waals surface area contributed by atoms with Crippen LogP contribution < -0.4 is 5.73 Å². The van der Waals surface area contributed by atoms with E-state index in [0.717, 1.165) is 38.3 Å². The van der Waals surface area contributed by atoms with Gasteiger partial charge in [-0.3, -0.25) is 9.69 Å². The number of rotatable bonds is 4. The van der Waals surface area contributed by atoms with Crippen molar-refractivity contribution in [1.29, 1.82) is 0 Å². The fourth-order valence-corrected chi connectivity index (χ4v) is 2.33. The summed E-state index contributed by atoms with van der Waals surface area (Å²) in [5.74, 6) is 0.0180. The summed E-state index contributed by atoms with van der Waals surface area (Å²) in [7, 11) is 0. The molecule has 1 heterocycles. The van der Waals surface area contributed by atoms with Crippen LogP contribution in [0.4, 0.5) is 0 Å². The van der Waals surface area contributed by atoms with Crippen molar-refractivity contribution in [3.8, 4) is 0 Å². The highest BCUT2D eigenvalue weighted by atomic mass is 16.2. The van der Waals surface area contributed by atoms with Crippen LogP contribution in [0, 0.1) is 0 Å². The lowest BCUT2D eigenvalue weighted by Gasteiger charge is -2.35. The SMILES string of the molecule is C=CCN1CCN(C(=O)C(N)c2ccccc2)CC1. The van der Waals surface area contributed by atoms with Crippen molar-refractivity contribution in [3.63, 3.8) is 0 Å². The fourth-order valence-electron chi connectivity index (χ4n) is 2.33. The molecule has 1 aromatic rings. The van der Waals surface area contributed by atoms with Crippen molar-refractivity contribution in [2.75, 3.05) is 32.7 Å². The normalized spacial score (nSPS) is 18.1. The van der Waals surface area contributed by atoms with Gasteiger partial charge in [0.2, 0.25) is 5.91 Å². The highest BCUT2D eigenvalue weighted by Crippen LogP contribution is 2.14. The van der Waals surface area contributed by atoms with Gasteiger partial charge in [0, 0.05) is 32.7 Å². The maximum atomic E-state index is 12.3. The largest absolute Gasteiger partial charge is 0.338 e. The van der Waals surface area contributed by atoms with Gasteiger partial charge in [-0.2, -0.15) is 0 Å². The van der Waals surface area contributed by atoms with E-state index in [0.29, 0.717) is 0 Å². The Kier molecular flexibility index (Phi) is 4.71. The quantitative estimate of drug-likeness (QED) is 0.821. The Hall–Kier alpha value is -1.65. The number of piperazine rings is 1. The molecule has 0 saturated carbocycles. The molecule has 19 heavy (non-hydrogen) atoms. The van der Waals surface area contributed by atoms with E-state index in [1.165, 1.54) is 0 Å². The van der Waals surface area contributed by atoms with Crippen molar-refractivity contribution in [2.24, 2.45) is 5.73 Å². The Bertz CT molecular complexity index is 424. The molecule has 0 spiro atoms. The molecule has 1 aromatic carbocycles. The highest BCUT2D eigenvalue weighted by molar-refractivity contribution is 5.83. The predicted molar refractivity (Wildman–Crippen MR) is 76.6 cm³/mol. The van der Waals surface area contributed by atoms with Gasteiger partial charge in [-0.1, -0.05) is 36.4 Å². The van der Waals surface area contributed by atoms with Crippen molar-refractivity contribution < 1.29 is 4.79 Å². The lowest BCUT2D eigenvalue weighted by molar-refractivity contribution is -0.134. The summed E-state index contributed by atoms with van der Waals surface area (Å²) < 4.78 is 0. The van der Waals surface area contributed by atoms with Crippen molar-refractivity contribution in [3.05, 3.63) is 48.6 Å². The van der Waals surface area contributed by atoms with Crippen LogP contribution in [0.1, 0.15) is 11.6 Å². The summed E-state index contributed by atoms with van der Waals surface area (Å²) in [6.07, 6.45) is 1.90. The average molecular weight is 259 g/mol. The van der Waals surface area contributed by atoms with E-state index in [-0.39, 0.29) is 5.91 Å². The van der Waals surface area contributed by atoms with Crippen molar-refractivity contribution in [2.45, 2.75) is 6.04 Å². The molecule has 0 radical (unpaired) electrons. The molecule has 1 saturated heterocycles. The minimum absolute atomic E-state index is 0.0180. The van der Waals surface area contributed by atoms with Gasteiger partial charge >= 0.3 is 0 Å². The Morgan fingerprint density at radius 2 is 1.89 bits per heavy atom. The molecule has 2 N–H and O–H groups in total. The Labute approximate surface area is 114 Å². The van der Waals surface area contributed by atoms with E-state index in [2.05, 4.69) is 11.5 Å². The number of carbonyl (C=O) groups excluding carboxylic acids is 1. The zero-order chi connectivity index (χ0) is 13.7. The van der Waals surface area contributed by atoms with Crippen LogP contribution in [0.5, 0.6) is 0 Å². The number of nitrogens with zero attached hydrogens (tertiary/aromatic N) is 2. The molecule has 0 aliphatic carbocycles. The monoisotopic (exact) mass is 259 g/mol. The number of carbonyl (C=O) groups is 1. The Morgan fingerprint density at radius 1 is 1.26 bits per heavy atom. The van der Waals surface area contributed by atoms with Gasteiger partial charge in [0.15, 0.2) is 0 Å². The van der Waals surface area contributed by atoms with Crippen LogP contribution in [-0.4, -0.2) is 48.4 Å². The number of benzene rings is 1. The van der Waals surface area contributed by atoms with Crippen LogP contribution in [0.15, 0.2) is 43.0 Å². The summed E-state index contributed by atoms with van der Waals surface area (Å²) in [5, 5.41) is 0. The first-order chi connectivity index (χ1) is 9.22. The molecule has 2 rings (SSSR count). The number of hydrogen-bond acceptors (Lipinski definition) is 3. The Morgan fingerprint density at radius 3 is 2.47 bits per heavy atom. The second-order valence-electron chi connectivity index (χ2n) is 4.80. The second-order valence-corrected chi connectivity index (χ2v) is 4.80. The van der Waals surface area contributed by atoms with Crippen LogP contribution in [0.2, 0.25) is 0 Å². The zero-order valence-electron chi connectivity index (χ0n) is 11.2. The highest BCUT2D eigenvalue weighted by Gasteiger charge is 2.25. The molecule has 1 atom stereocenters. The molecule has 1 fully saturated rings. The van der Waals surface area contributed by atoms with Crippen LogP contribution in [0.25, 0.3) is 0 Å². The van der Waals surface area contributed by atoms with Crippen LogP contribution in [-0.2, 0) is 4.79 Å². The first kappa shape index (κ1) is 13.8. The molecule has 1 aliphatic heterocycles. The molecule has 4 heteroatoms. The summed E-state index contributed by atoms with van der Waals surface area (Å²) in [5.41, 5.74) is 6.92. The minimum Gasteiger partial charge on any atom is -0.338 e. The lowest BCUT2D eigenvalue weighted by atomic mass is 10.1. The van der Waals surface area contributed by atoms with Crippen molar-refractivity contribution in [1.82, 2.24) is 9.80 Å². The maximum absolute atomic E-state index is 12.3. The van der Waals surface area contributed by atoms with Crippen LogP contribution in [0.3, 0.4) is 0 Å². The van der Waals surface area contributed by atoms with E-state index in [1.807, 2.05) is 41.3 Å². The van der Waals surface area contributed by atoms with Gasteiger partial charge in [0.25, 0.3) is 0 Å². The molecule has 102 valence electrons. The van der Waals surface area contributed by atoms with Gasteiger partial charge < -0.3 is 10.6 Å². The Balaban J connectivity index is 1.92. The topological polar surface area (TPSA) is 49.6 Å². The van der Waals surface area contributed by atoms with Crippen molar-refractivity contribution >= 4 is 5.91 Å². The van der Waals surface area contributed by atoms with E-state index < -0.39 is 6.04 Å². The van der Waals surface area contributed by atoms with Gasteiger partial charge in [-0.05, 0) is 5.56 Å². The van der Waals surface area contributed by atoms with Gasteiger partial charge in [0.05, 0.1) is 0 Å². The van der Waals surface area contributed by atoms with E-state index in [4.69, 9.17) is 5.73 Å². The first-order valence-corrected chi connectivity index (χ1v) is 6.65. The van der Waals surface area contributed by atoms with E-state index in [9.17, 15) is 4.79 Å². The number of hydrogen-bond donors (Lipinski definition) is 1. The summed E-state index contributed by atoms with van der Waals surface area (Å²) in [4.78, 5) is 16.5. The molecular weight excluding hydrogens is 238 g/mol. The third kappa shape index (κ3) is 3.43. The summed E-state index contributed by atoms with van der Waals surface area (Å²) in [6, 6.07) is 8.99. The van der Waals surface area contributed by atoms with E-state index in [1.54, 1.807) is 0 Å². The lowest BCUT2D eigenvalue weighted by Crippen LogP contribution is -2.50. The number of nitrogens with two attached hydrogens (primary N) is 1.